The van der Waals surface area contributed by atoms with Crippen LogP contribution in [0.5, 0.6) is 0 Å². The maximum Gasteiger partial charge on any atom is 0.410 e. The van der Waals surface area contributed by atoms with Crippen LogP contribution in [0.3, 0.4) is 0 Å². The fourth-order valence-electron chi connectivity index (χ4n) is 8.96. The number of primary amides is 1. The van der Waals surface area contributed by atoms with Gasteiger partial charge in [-0.3, -0.25) is 38.8 Å². The van der Waals surface area contributed by atoms with E-state index in [9.17, 15) is 33.6 Å². The molecule has 4 aromatic heterocycles. The predicted molar refractivity (Wildman–Crippen MR) is 295 cm³/mol. The first-order valence-electron chi connectivity index (χ1n) is 26.1. The molecule has 0 saturated carbocycles. The second-order valence-corrected chi connectivity index (χ2v) is 19.5. The summed E-state index contributed by atoms with van der Waals surface area (Å²) >= 11 is 0. The van der Waals surface area contributed by atoms with Crippen molar-refractivity contribution in [2.45, 2.75) is 91.1 Å². The van der Waals surface area contributed by atoms with Crippen molar-refractivity contribution in [1.82, 2.24) is 55.3 Å². The van der Waals surface area contributed by atoms with Crippen molar-refractivity contribution in [3.05, 3.63) is 157 Å². The molecule has 7 N–H and O–H groups in total. The Morgan fingerprint density at radius 3 is 2.27 bits per heavy atom. The number of urea groups is 1. The molecule has 2 atom stereocenters. The van der Waals surface area contributed by atoms with E-state index in [1.54, 1.807) is 47.5 Å². The molecule has 5 heterocycles. The number of amides is 8. The fraction of sp³-hybridized carbons (Fsp3) is 0.293. The number of hydrogen-bond donors (Lipinski definition) is 6. The van der Waals surface area contributed by atoms with Crippen molar-refractivity contribution in [1.29, 1.82) is 0 Å². The van der Waals surface area contributed by atoms with Gasteiger partial charge >= 0.3 is 12.1 Å². The van der Waals surface area contributed by atoms with Crippen molar-refractivity contribution >= 4 is 53.0 Å². The molecule has 8 rings (SSSR count). The van der Waals surface area contributed by atoms with Crippen LogP contribution < -0.4 is 27.0 Å². The van der Waals surface area contributed by atoms with Crippen LogP contribution >= 0.6 is 0 Å². The molecular weight excluding hydrogens is 1010 g/mol. The molecule has 0 spiro atoms. The van der Waals surface area contributed by atoms with Gasteiger partial charge in [-0.1, -0.05) is 87.0 Å². The van der Waals surface area contributed by atoms with E-state index in [2.05, 4.69) is 36.3 Å². The minimum absolute atomic E-state index is 0.0391. The topological polar surface area (TPSA) is 281 Å². The van der Waals surface area contributed by atoms with Crippen LogP contribution in [0.25, 0.3) is 39.4 Å². The van der Waals surface area contributed by atoms with Gasteiger partial charge in [0.15, 0.2) is 5.65 Å². The quantitative estimate of drug-likeness (QED) is 0.0250. The number of aryl methyl sites for hydroxylation is 1. The van der Waals surface area contributed by atoms with Crippen LogP contribution in [-0.2, 0) is 48.4 Å². The molecule has 408 valence electrons. The Balaban J connectivity index is 0.932. The summed E-state index contributed by atoms with van der Waals surface area (Å²) in [6, 6.07) is 31.4. The molecule has 0 radical (unpaired) electrons. The zero-order valence-corrected chi connectivity index (χ0v) is 44.2. The number of imide groups is 1. The second-order valence-electron chi connectivity index (χ2n) is 19.5. The molecule has 0 bridgehead atoms. The molecule has 7 aromatic rings. The highest BCUT2D eigenvalue weighted by Crippen LogP contribution is 2.31. The van der Waals surface area contributed by atoms with Gasteiger partial charge in [0.25, 0.3) is 11.8 Å². The average Bonchev–Trinajstić information content (AvgIpc) is 4.19. The van der Waals surface area contributed by atoms with Crippen molar-refractivity contribution in [3.63, 3.8) is 0 Å². The number of fused-ring (bicyclic) bond motifs is 1. The highest BCUT2D eigenvalue weighted by molar-refractivity contribution is 6.12. The Hall–Kier alpha value is -9.53. The third-order valence-corrected chi connectivity index (χ3v) is 13.1. The van der Waals surface area contributed by atoms with Gasteiger partial charge in [-0.25, -0.2) is 24.1 Å². The van der Waals surface area contributed by atoms with E-state index in [4.69, 9.17) is 20.4 Å². The van der Waals surface area contributed by atoms with Crippen LogP contribution in [-0.4, -0.2) is 106 Å². The van der Waals surface area contributed by atoms with Crippen molar-refractivity contribution in [3.8, 4) is 33.8 Å². The van der Waals surface area contributed by atoms with Gasteiger partial charge in [0.05, 0.1) is 17.9 Å². The molecule has 3 aromatic carbocycles. The normalized spacial score (nSPS) is 12.8. The van der Waals surface area contributed by atoms with Gasteiger partial charge in [-0.15, -0.1) is 0 Å². The Labute approximate surface area is 456 Å². The summed E-state index contributed by atoms with van der Waals surface area (Å²) in [7, 11) is 0. The van der Waals surface area contributed by atoms with E-state index < -0.39 is 36.0 Å². The first kappa shape index (κ1) is 55.7. The fourth-order valence-corrected chi connectivity index (χ4v) is 8.96. The van der Waals surface area contributed by atoms with Gasteiger partial charge in [0, 0.05) is 61.3 Å². The minimum Gasteiger partial charge on any atom is -0.445 e. The zero-order chi connectivity index (χ0) is 55.8. The van der Waals surface area contributed by atoms with E-state index in [0.29, 0.717) is 59.1 Å². The van der Waals surface area contributed by atoms with Crippen LogP contribution in [0.1, 0.15) is 75.0 Å². The van der Waals surface area contributed by atoms with Crippen LogP contribution in [0, 0.1) is 12.8 Å². The van der Waals surface area contributed by atoms with Crippen molar-refractivity contribution < 1.29 is 38.3 Å². The van der Waals surface area contributed by atoms with E-state index in [0.717, 1.165) is 32.8 Å². The molecule has 21 nitrogen and oxygen atoms in total. The number of aromatic amines is 1. The number of aromatic nitrogens is 6. The maximum absolute atomic E-state index is 14.3. The second kappa shape index (κ2) is 26.5. The molecule has 1 aliphatic heterocycles. The number of ether oxygens (including phenoxy) is 1. The molecule has 1 aliphatic rings. The number of nitrogens with zero attached hydrogens (tertiary/aromatic N) is 7. The number of unbranched alkanes of at least 4 members (excludes halogenated alkanes) is 2. The van der Waals surface area contributed by atoms with E-state index in [1.807, 2.05) is 98.0 Å². The summed E-state index contributed by atoms with van der Waals surface area (Å²) in [6.07, 6.45) is 7.28. The Kier molecular flexibility index (Phi) is 18.7. The highest BCUT2D eigenvalue weighted by Gasteiger charge is 2.30. The maximum atomic E-state index is 14.3. The largest absolute Gasteiger partial charge is 0.445 e. The molecule has 1 unspecified atom stereocenters. The lowest BCUT2D eigenvalue weighted by atomic mass is 10.0. The summed E-state index contributed by atoms with van der Waals surface area (Å²) in [6.45, 7) is 5.96. The number of carbonyl (C=O) groups excluding carboxylic acids is 7. The van der Waals surface area contributed by atoms with Crippen molar-refractivity contribution in [2.75, 3.05) is 18.4 Å². The average molecular weight is 1070 g/mol. The number of imidazole rings is 1. The Bertz CT molecular complexity index is 3320. The zero-order valence-electron chi connectivity index (χ0n) is 44.2. The van der Waals surface area contributed by atoms with Gasteiger partial charge in [0.2, 0.25) is 17.7 Å². The lowest BCUT2D eigenvalue weighted by Gasteiger charge is -2.25. The van der Waals surface area contributed by atoms with E-state index in [-0.39, 0.29) is 75.7 Å². The summed E-state index contributed by atoms with van der Waals surface area (Å²) < 4.78 is 7.67. The van der Waals surface area contributed by atoms with Gasteiger partial charge in [0.1, 0.15) is 36.5 Å². The number of hydrogen-bond acceptors (Lipinski definition) is 12. The highest BCUT2D eigenvalue weighted by atomic mass is 16.6. The van der Waals surface area contributed by atoms with Crippen LogP contribution in [0.4, 0.5) is 15.3 Å². The first-order valence-corrected chi connectivity index (χ1v) is 26.1. The summed E-state index contributed by atoms with van der Waals surface area (Å²) in [5.41, 5.74) is 13.4. The summed E-state index contributed by atoms with van der Waals surface area (Å²) in [4.78, 5) is 110. The smallest absolute Gasteiger partial charge is 0.410 e. The first-order chi connectivity index (χ1) is 38.2. The number of pyridine rings is 2. The van der Waals surface area contributed by atoms with E-state index >= 15 is 0 Å². The number of anilines is 1. The minimum atomic E-state index is -1.07. The number of benzene rings is 3. The number of H-pyrrole nitrogens is 1. The van der Waals surface area contributed by atoms with Crippen LogP contribution in [0.15, 0.2) is 134 Å². The summed E-state index contributed by atoms with van der Waals surface area (Å²) in [5, 5.41) is 15.3. The van der Waals surface area contributed by atoms with Crippen molar-refractivity contribution in [2.24, 2.45) is 11.7 Å². The number of rotatable bonds is 25. The molecule has 8 amide bonds. The number of nitrogens with one attached hydrogen (secondary N) is 5. The number of carbonyl (C=O) groups is 7. The number of nitrogens with two attached hydrogens (primary N) is 1. The van der Waals surface area contributed by atoms with Crippen LogP contribution in [0.2, 0.25) is 0 Å². The Morgan fingerprint density at radius 1 is 0.759 bits per heavy atom. The molecule has 21 heteroatoms. The lowest BCUT2D eigenvalue weighted by molar-refractivity contribution is -0.137. The molecule has 0 aliphatic carbocycles. The van der Waals surface area contributed by atoms with Gasteiger partial charge < -0.3 is 36.7 Å². The summed E-state index contributed by atoms with van der Waals surface area (Å²) in [5.74, 6) is -2.05. The van der Waals surface area contributed by atoms with Gasteiger partial charge in [-0.2, -0.15) is 5.10 Å². The molecule has 0 fully saturated rings. The SMILES string of the molecule is Cc1cccc(-c2nc(CN(Cc3cccc(-c4ccccc4)c3)C(=O)OCc3ccc(NC(=O)[C@H](CCCNC(N)=O)NC(=O)C(NC(=O)CCCCCN4C(=O)C=CC4=O)C(C)C)cc3)[nH]c2-c2ccc3ncnn3c2)n1. The predicted octanol–water partition coefficient (Wildman–Crippen LogP) is 6.99. The molecular formula is C58H63N13O8. The third-order valence-electron chi connectivity index (χ3n) is 13.1. The standard InChI is InChI=1S/C58H63N13O8/c1-37(2)52(68-49(72)20-8-5-9-30-70-50(73)27-28-51(70)74)56(76)65-46(19-12-29-60-57(59)77)55(75)64-44-24-21-39(22-25-44)35-79-58(78)69(32-40-14-11-17-42(31-40)41-15-6-4-7-16-41)34-47-66-53(43-23-26-48-61-36-62-71(48)33-43)54(67-47)45-18-10-13-38(3)63-45/h4,6-7,10-11,13-18,21-28,31,33,36-37,46,52H,5,8-9,12,19-20,29-30,32,34-35H2,1-3H3,(H,64,75)(H,65,76)(H,66,67)(H,68,72)(H3,59,60,77)/t46-,52?/m0/s1. The van der Waals surface area contributed by atoms with E-state index in [1.165, 1.54) is 18.5 Å². The molecule has 0 saturated heterocycles. The van der Waals surface area contributed by atoms with Gasteiger partial charge in [-0.05, 0) is 103 Å². The molecule has 79 heavy (non-hydrogen) atoms. The Morgan fingerprint density at radius 2 is 1.52 bits per heavy atom. The lowest BCUT2D eigenvalue weighted by Crippen LogP contribution is -2.54. The monoisotopic (exact) mass is 1070 g/mol. The third kappa shape index (κ3) is 15.3.